The van der Waals surface area contributed by atoms with Crippen molar-refractivity contribution in [1.82, 2.24) is 5.32 Å². The highest BCUT2D eigenvalue weighted by Gasteiger charge is 2.15. The maximum atomic E-state index is 13.0. The summed E-state index contributed by atoms with van der Waals surface area (Å²) >= 11 is 0. The Balaban J connectivity index is 2.94. The molecule has 1 aromatic rings. The summed E-state index contributed by atoms with van der Waals surface area (Å²) in [5.41, 5.74) is -0.484. The van der Waals surface area contributed by atoms with Gasteiger partial charge < -0.3 is 5.32 Å². The van der Waals surface area contributed by atoms with Crippen molar-refractivity contribution >= 4 is 5.91 Å². The van der Waals surface area contributed by atoms with Crippen molar-refractivity contribution in [3.8, 4) is 0 Å². The Hall–Kier alpha value is -1.52. The monoisotopic (exact) mass is 217 g/mol. The second-order valence-corrected chi connectivity index (χ2v) is 3.00. The number of nitrogens with one attached hydrogen (secondary N) is 1. The van der Waals surface area contributed by atoms with Crippen LogP contribution < -0.4 is 5.32 Å². The van der Waals surface area contributed by atoms with Crippen molar-refractivity contribution in [1.29, 1.82) is 0 Å². The van der Waals surface area contributed by atoms with E-state index in [-0.39, 0.29) is 0 Å². The molecule has 15 heavy (non-hydrogen) atoms. The minimum atomic E-state index is -1.31. The van der Waals surface area contributed by atoms with Crippen LogP contribution >= 0.6 is 0 Å². The minimum Gasteiger partial charge on any atom is -0.352 e. The van der Waals surface area contributed by atoms with Crippen LogP contribution in [0.25, 0.3) is 0 Å². The third-order valence-corrected chi connectivity index (χ3v) is 1.79. The summed E-state index contributed by atoms with van der Waals surface area (Å²) in [7, 11) is 0. The van der Waals surface area contributed by atoms with E-state index >= 15 is 0 Å². The van der Waals surface area contributed by atoms with Crippen LogP contribution in [0.5, 0.6) is 0 Å². The zero-order valence-corrected chi connectivity index (χ0v) is 8.11. The number of hydrogen-bond donors (Lipinski definition) is 1. The van der Waals surface area contributed by atoms with Gasteiger partial charge in [0, 0.05) is 12.6 Å². The first kappa shape index (κ1) is 11.6. The van der Waals surface area contributed by atoms with Gasteiger partial charge in [-0.2, -0.15) is 0 Å². The Bertz CT molecular complexity index is 379. The summed E-state index contributed by atoms with van der Waals surface area (Å²) in [6, 6.07) is 0.909. The Labute approximate surface area is 85.1 Å². The van der Waals surface area contributed by atoms with Gasteiger partial charge in [0.2, 0.25) is 0 Å². The zero-order valence-electron chi connectivity index (χ0n) is 8.11. The quantitative estimate of drug-likeness (QED) is 0.773. The molecular formula is C10H10F3NO. The van der Waals surface area contributed by atoms with Gasteiger partial charge in [-0.15, -0.1) is 0 Å². The normalized spacial score (nSPS) is 10.1. The van der Waals surface area contributed by atoms with Crippen LogP contribution in [0.15, 0.2) is 12.1 Å². The lowest BCUT2D eigenvalue weighted by molar-refractivity contribution is 0.0949. The van der Waals surface area contributed by atoms with Crippen molar-refractivity contribution in [3.05, 3.63) is 35.1 Å². The average Bonchev–Trinajstić information content (AvgIpc) is 2.20. The molecule has 0 heterocycles. The van der Waals surface area contributed by atoms with Crippen molar-refractivity contribution < 1.29 is 18.0 Å². The molecular weight excluding hydrogens is 207 g/mol. The highest BCUT2D eigenvalue weighted by Crippen LogP contribution is 2.13. The molecule has 0 aliphatic heterocycles. The largest absolute Gasteiger partial charge is 0.352 e. The molecule has 1 rings (SSSR count). The molecule has 1 aromatic carbocycles. The first-order valence-electron chi connectivity index (χ1n) is 4.49. The SMILES string of the molecule is CCCNC(=O)c1cc(F)c(F)cc1F. The lowest BCUT2D eigenvalue weighted by Gasteiger charge is -2.05. The van der Waals surface area contributed by atoms with Crippen molar-refractivity contribution in [2.75, 3.05) is 6.54 Å². The Kier molecular flexibility index (Phi) is 3.71. The molecule has 0 bridgehead atoms. The molecule has 0 aliphatic rings. The maximum Gasteiger partial charge on any atom is 0.254 e. The minimum absolute atomic E-state index is 0.357. The molecule has 0 aromatic heterocycles. The van der Waals surface area contributed by atoms with Gasteiger partial charge in [-0.25, -0.2) is 13.2 Å². The topological polar surface area (TPSA) is 29.1 Å². The fourth-order valence-electron chi connectivity index (χ4n) is 1.03. The van der Waals surface area contributed by atoms with E-state index in [4.69, 9.17) is 0 Å². The van der Waals surface area contributed by atoms with E-state index in [1.165, 1.54) is 0 Å². The summed E-state index contributed by atoms with van der Waals surface area (Å²) < 4.78 is 38.3. The van der Waals surface area contributed by atoms with Gasteiger partial charge in [0.1, 0.15) is 5.82 Å². The molecule has 0 unspecified atom stereocenters. The standard InChI is InChI=1S/C10H10F3NO/c1-2-3-14-10(15)6-4-8(12)9(13)5-7(6)11/h4-5H,2-3H2,1H3,(H,14,15). The lowest BCUT2D eigenvalue weighted by Crippen LogP contribution is -2.25. The third-order valence-electron chi connectivity index (χ3n) is 1.79. The molecule has 0 radical (unpaired) electrons. The number of hydrogen-bond acceptors (Lipinski definition) is 1. The number of carbonyl (C=O) groups excluding carboxylic acids is 1. The predicted octanol–water partition coefficient (Wildman–Crippen LogP) is 2.24. The van der Waals surface area contributed by atoms with Gasteiger partial charge in [-0.05, 0) is 12.5 Å². The molecule has 0 saturated heterocycles. The summed E-state index contributed by atoms with van der Waals surface area (Å²) in [4.78, 5) is 11.2. The van der Waals surface area contributed by atoms with Crippen LogP contribution in [-0.4, -0.2) is 12.5 Å². The fourth-order valence-corrected chi connectivity index (χ4v) is 1.03. The Morgan fingerprint density at radius 2 is 1.80 bits per heavy atom. The van der Waals surface area contributed by atoms with Crippen molar-refractivity contribution in [2.45, 2.75) is 13.3 Å². The molecule has 0 aliphatic carbocycles. The number of benzene rings is 1. The Morgan fingerprint density at radius 3 is 2.40 bits per heavy atom. The molecule has 0 saturated carbocycles. The fraction of sp³-hybridized carbons (Fsp3) is 0.300. The lowest BCUT2D eigenvalue weighted by atomic mass is 10.2. The maximum absolute atomic E-state index is 13.0. The van der Waals surface area contributed by atoms with Gasteiger partial charge in [-0.1, -0.05) is 6.92 Å². The number of rotatable bonds is 3. The molecule has 1 N–H and O–H groups in total. The first-order chi connectivity index (χ1) is 7.06. The van der Waals surface area contributed by atoms with E-state index in [1.54, 1.807) is 0 Å². The van der Waals surface area contributed by atoms with E-state index in [2.05, 4.69) is 5.32 Å². The highest BCUT2D eigenvalue weighted by atomic mass is 19.2. The first-order valence-corrected chi connectivity index (χ1v) is 4.49. The molecule has 82 valence electrons. The number of carbonyl (C=O) groups is 1. The summed E-state index contributed by atoms with van der Waals surface area (Å²) in [6.45, 7) is 2.18. The van der Waals surface area contributed by atoms with Crippen molar-refractivity contribution in [3.63, 3.8) is 0 Å². The molecule has 0 atom stereocenters. The predicted molar refractivity (Wildman–Crippen MR) is 48.9 cm³/mol. The second-order valence-electron chi connectivity index (χ2n) is 3.00. The highest BCUT2D eigenvalue weighted by molar-refractivity contribution is 5.94. The van der Waals surface area contributed by atoms with Gasteiger partial charge in [0.15, 0.2) is 11.6 Å². The summed E-state index contributed by atoms with van der Waals surface area (Å²) in [5.74, 6) is -4.35. The average molecular weight is 217 g/mol. The van der Waals surface area contributed by atoms with Crippen LogP contribution in [-0.2, 0) is 0 Å². The van der Waals surface area contributed by atoms with Crippen LogP contribution in [0.3, 0.4) is 0 Å². The molecule has 5 heteroatoms. The van der Waals surface area contributed by atoms with E-state index in [9.17, 15) is 18.0 Å². The van der Waals surface area contributed by atoms with Gasteiger partial charge in [-0.3, -0.25) is 4.79 Å². The van der Waals surface area contributed by atoms with Gasteiger partial charge >= 0.3 is 0 Å². The number of halogens is 3. The van der Waals surface area contributed by atoms with E-state index in [0.717, 1.165) is 0 Å². The van der Waals surface area contributed by atoms with Crippen LogP contribution in [0.2, 0.25) is 0 Å². The molecule has 0 spiro atoms. The van der Waals surface area contributed by atoms with Crippen molar-refractivity contribution in [2.24, 2.45) is 0 Å². The smallest absolute Gasteiger partial charge is 0.254 e. The molecule has 0 fully saturated rings. The van der Waals surface area contributed by atoms with E-state index in [1.807, 2.05) is 6.92 Å². The summed E-state index contributed by atoms with van der Waals surface area (Å²) in [5, 5.41) is 2.37. The number of amides is 1. The van der Waals surface area contributed by atoms with Gasteiger partial charge in [0.05, 0.1) is 5.56 Å². The van der Waals surface area contributed by atoms with Crippen LogP contribution in [0.1, 0.15) is 23.7 Å². The summed E-state index contributed by atoms with van der Waals surface area (Å²) in [6.07, 6.45) is 0.678. The Morgan fingerprint density at radius 1 is 1.20 bits per heavy atom. The molecule has 1 amide bonds. The third kappa shape index (κ3) is 2.71. The zero-order chi connectivity index (χ0) is 11.4. The second kappa shape index (κ2) is 4.82. The molecule has 2 nitrogen and oxygen atoms in total. The van der Waals surface area contributed by atoms with Crippen LogP contribution in [0.4, 0.5) is 13.2 Å². The van der Waals surface area contributed by atoms with E-state index in [0.29, 0.717) is 25.1 Å². The van der Waals surface area contributed by atoms with Gasteiger partial charge in [0.25, 0.3) is 5.91 Å². The van der Waals surface area contributed by atoms with E-state index < -0.39 is 28.9 Å². The van der Waals surface area contributed by atoms with Crippen LogP contribution in [0, 0.1) is 17.5 Å².